The molecule has 1 aromatic carbocycles. The number of carbonyl (C=O) groups excluding carboxylic acids is 2. The maximum absolute atomic E-state index is 11.5. The van der Waals surface area contributed by atoms with Crippen molar-refractivity contribution in [3.05, 3.63) is 46.6 Å². The van der Waals surface area contributed by atoms with E-state index in [9.17, 15) is 14.7 Å². The third kappa shape index (κ3) is 2.71. The molecule has 106 valence electrons. The van der Waals surface area contributed by atoms with Gasteiger partial charge in [-0.3, -0.25) is 14.9 Å². The summed E-state index contributed by atoms with van der Waals surface area (Å²) in [4.78, 5) is 22.8. The zero-order valence-corrected chi connectivity index (χ0v) is 11.9. The quantitative estimate of drug-likeness (QED) is 0.832. The van der Waals surface area contributed by atoms with Crippen LogP contribution >= 0.6 is 11.8 Å². The van der Waals surface area contributed by atoms with Gasteiger partial charge in [-0.05, 0) is 43.0 Å². The fourth-order valence-electron chi connectivity index (χ4n) is 1.97. The summed E-state index contributed by atoms with van der Waals surface area (Å²) < 4.78 is 5.61. The molecule has 1 saturated heterocycles. The van der Waals surface area contributed by atoms with Gasteiger partial charge in [0.1, 0.15) is 17.3 Å². The highest BCUT2D eigenvalue weighted by Gasteiger charge is 2.25. The second-order valence-electron chi connectivity index (χ2n) is 4.57. The van der Waals surface area contributed by atoms with Crippen LogP contribution in [-0.4, -0.2) is 16.3 Å². The Hall–Kier alpha value is -2.47. The lowest BCUT2D eigenvalue weighted by molar-refractivity contribution is -0.115. The van der Waals surface area contributed by atoms with E-state index in [1.165, 1.54) is 6.08 Å². The second-order valence-corrected chi connectivity index (χ2v) is 5.59. The third-order valence-corrected chi connectivity index (χ3v) is 3.77. The van der Waals surface area contributed by atoms with Gasteiger partial charge in [-0.1, -0.05) is 11.6 Å². The monoisotopic (exact) mass is 301 g/mol. The number of imide groups is 1. The lowest BCUT2D eigenvalue weighted by Gasteiger charge is -2.02. The Balaban J connectivity index is 1.94. The van der Waals surface area contributed by atoms with Crippen molar-refractivity contribution in [1.82, 2.24) is 5.32 Å². The van der Waals surface area contributed by atoms with E-state index in [2.05, 4.69) is 5.32 Å². The van der Waals surface area contributed by atoms with E-state index in [4.69, 9.17) is 4.42 Å². The van der Waals surface area contributed by atoms with Gasteiger partial charge in [0.05, 0.1) is 10.5 Å². The standard InChI is InChI=1S/C15H11NO4S/c1-8-2-4-11(17)10(6-8)12-5-3-9(20-12)7-13-14(18)16-15(19)21-13/h2-7,17H,1H3,(H,16,18,19). The molecule has 5 nitrogen and oxygen atoms in total. The van der Waals surface area contributed by atoms with Crippen molar-refractivity contribution in [2.24, 2.45) is 0 Å². The molecule has 2 N–H and O–H groups in total. The molecule has 1 fully saturated rings. The smallest absolute Gasteiger partial charge is 0.290 e. The molecule has 1 aliphatic heterocycles. The van der Waals surface area contributed by atoms with E-state index >= 15 is 0 Å². The van der Waals surface area contributed by atoms with Crippen molar-refractivity contribution in [1.29, 1.82) is 0 Å². The van der Waals surface area contributed by atoms with E-state index < -0.39 is 11.1 Å². The number of amides is 2. The van der Waals surface area contributed by atoms with Crippen LogP contribution in [0.2, 0.25) is 0 Å². The van der Waals surface area contributed by atoms with Gasteiger partial charge in [-0.2, -0.15) is 0 Å². The van der Waals surface area contributed by atoms with E-state index in [0.29, 0.717) is 17.1 Å². The van der Waals surface area contributed by atoms with Gasteiger partial charge in [-0.15, -0.1) is 0 Å². The minimum atomic E-state index is -0.429. The molecular formula is C15H11NO4S. The van der Waals surface area contributed by atoms with Crippen molar-refractivity contribution in [3.63, 3.8) is 0 Å². The number of carbonyl (C=O) groups is 2. The third-order valence-electron chi connectivity index (χ3n) is 2.96. The van der Waals surface area contributed by atoms with Gasteiger partial charge >= 0.3 is 0 Å². The molecule has 21 heavy (non-hydrogen) atoms. The number of furan rings is 1. The van der Waals surface area contributed by atoms with Crippen LogP contribution < -0.4 is 5.32 Å². The lowest BCUT2D eigenvalue weighted by Crippen LogP contribution is -2.17. The fourth-order valence-corrected chi connectivity index (χ4v) is 2.63. The number of aromatic hydroxyl groups is 1. The number of rotatable bonds is 2. The van der Waals surface area contributed by atoms with Crippen LogP contribution in [-0.2, 0) is 4.79 Å². The summed E-state index contributed by atoms with van der Waals surface area (Å²) in [5, 5.41) is 11.7. The molecule has 2 amide bonds. The molecule has 2 heterocycles. The average molecular weight is 301 g/mol. The molecule has 1 aromatic heterocycles. The van der Waals surface area contributed by atoms with Crippen molar-refractivity contribution in [2.75, 3.05) is 0 Å². The topological polar surface area (TPSA) is 79.5 Å². The highest BCUT2D eigenvalue weighted by atomic mass is 32.2. The number of phenols is 1. The highest BCUT2D eigenvalue weighted by Crippen LogP contribution is 2.33. The minimum Gasteiger partial charge on any atom is -0.507 e. The Morgan fingerprint density at radius 3 is 2.76 bits per heavy atom. The molecular weight excluding hydrogens is 290 g/mol. The van der Waals surface area contributed by atoms with Gasteiger partial charge in [0.2, 0.25) is 0 Å². The van der Waals surface area contributed by atoms with Crippen LogP contribution in [0.4, 0.5) is 4.79 Å². The number of phenolic OH excluding ortho intramolecular Hbond substituents is 1. The Morgan fingerprint density at radius 1 is 1.24 bits per heavy atom. The second kappa shape index (κ2) is 5.14. The summed E-state index contributed by atoms with van der Waals surface area (Å²) in [6, 6.07) is 8.60. The van der Waals surface area contributed by atoms with Crippen LogP contribution in [0.1, 0.15) is 11.3 Å². The maximum Gasteiger partial charge on any atom is 0.290 e. The van der Waals surface area contributed by atoms with Crippen LogP contribution in [0.25, 0.3) is 17.4 Å². The lowest BCUT2D eigenvalue weighted by atomic mass is 10.1. The summed E-state index contributed by atoms with van der Waals surface area (Å²) in [5.74, 6) is 0.634. The Morgan fingerprint density at radius 2 is 2.05 bits per heavy atom. The van der Waals surface area contributed by atoms with Crippen LogP contribution in [0.5, 0.6) is 5.75 Å². The van der Waals surface area contributed by atoms with E-state index in [1.54, 1.807) is 24.3 Å². The van der Waals surface area contributed by atoms with Gasteiger partial charge < -0.3 is 9.52 Å². The predicted molar refractivity (Wildman–Crippen MR) is 79.7 cm³/mol. The number of benzene rings is 1. The highest BCUT2D eigenvalue weighted by molar-refractivity contribution is 8.18. The molecule has 0 aliphatic carbocycles. The van der Waals surface area contributed by atoms with Crippen LogP contribution in [0.15, 0.2) is 39.7 Å². The molecule has 3 rings (SSSR count). The zero-order valence-electron chi connectivity index (χ0n) is 11.0. The molecule has 0 bridgehead atoms. The Bertz CT molecular complexity index is 776. The fraction of sp³-hybridized carbons (Fsp3) is 0.0667. The van der Waals surface area contributed by atoms with Gasteiger partial charge in [0.25, 0.3) is 11.1 Å². The zero-order chi connectivity index (χ0) is 15.0. The largest absolute Gasteiger partial charge is 0.507 e. The van der Waals surface area contributed by atoms with Crippen molar-refractivity contribution >= 4 is 29.0 Å². The van der Waals surface area contributed by atoms with Crippen molar-refractivity contribution in [2.45, 2.75) is 6.92 Å². The van der Waals surface area contributed by atoms with Gasteiger partial charge in [0.15, 0.2) is 0 Å². The number of hydrogen-bond acceptors (Lipinski definition) is 5. The number of aryl methyl sites for hydroxylation is 1. The Labute approximate surface area is 124 Å². The Kier molecular flexibility index (Phi) is 3.31. The molecule has 1 aliphatic rings. The number of hydrogen-bond donors (Lipinski definition) is 2. The molecule has 6 heteroatoms. The first-order valence-corrected chi connectivity index (χ1v) is 6.99. The molecule has 0 radical (unpaired) electrons. The SMILES string of the molecule is Cc1ccc(O)c(-c2ccc(C=C3SC(=O)NC3=O)o2)c1. The molecule has 0 unspecified atom stereocenters. The van der Waals surface area contributed by atoms with E-state index in [-0.39, 0.29) is 10.7 Å². The summed E-state index contributed by atoms with van der Waals surface area (Å²) >= 11 is 0.831. The van der Waals surface area contributed by atoms with Gasteiger partial charge in [-0.25, -0.2) is 0 Å². The number of thioether (sulfide) groups is 1. The molecule has 0 atom stereocenters. The first-order valence-electron chi connectivity index (χ1n) is 6.17. The summed E-state index contributed by atoms with van der Waals surface area (Å²) in [6.45, 7) is 1.92. The summed E-state index contributed by atoms with van der Waals surface area (Å²) in [5.41, 5.74) is 1.58. The first-order chi connectivity index (χ1) is 10.0. The van der Waals surface area contributed by atoms with Crippen molar-refractivity contribution in [3.8, 4) is 17.1 Å². The maximum atomic E-state index is 11.5. The molecule has 0 saturated carbocycles. The number of nitrogens with one attached hydrogen (secondary N) is 1. The molecule has 0 spiro atoms. The average Bonchev–Trinajstić information content (AvgIpc) is 3.00. The first kappa shape index (κ1) is 13.5. The van der Waals surface area contributed by atoms with E-state index in [0.717, 1.165) is 17.3 Å². The van der Waals surface area contributed by atoms with Crippen LogP contribution in [0, 0.1) is 6.92 Å². The van der Waals surface area contributed by atoms with Gasteiger partial charge in [0, 0.05) is 6.08 Å². The molecule has 2 aromatic rings. The predicted octanol–water partition coefficient (Wildman–Crippen LogP) is 3.28. The normalized spacial score (nSPS) is 16.5. The summed E-state index contributed by atoms with van der Waals surface area (Å²) in [6.07, 6.45) is 1.50. The van der Waals surface area contributed by atoms with Crippen molar-refractivity contribution < 1.29 is 19.1 Å². The summed E-state index contributed by atoms with van der Waals surface area (Å²) in [7, 11) is 0. The van der Waals surface area contributed by atoms with E-state index in [1.807, 2.05) is 13.0 Å². The van der Waals surface area contributed by atoms with Crippen LogP contribution in [0.3, 0.4) is 0 Å². The minimum absolute atomic E-state index is 0.123.